The van der Waals surface area contributed by atoms with Crippen LogP contribution in [0.4, 0.5) is 5.69 Å². The van der Waals surface area contributed by atoms with Gasteiger partial charge in [0.15, 0.2) is 5.78 Å². The molecule has 0 radical (unpaired) electrons. The second kappa shape index (κ2) is 5.71. The van der Waals surface area contributed by atoms with Crippen LogP contribution in [0.15, 0.2) is 47.1 Å². The van der Waals surface area contributed by atoms with Crippen LogP contribution in [0.3, 0.4) is 0 Å². The summed E-state index contributed by atoms with van der Waals surface area (Å²) in [6.45, 7) is 0. The molecule has 0 atom stereocenters. The maximum absolute atomic E-state index is 12.1. The summed E-state index contributed by atoms with van der Waals surface area (Å²) in [6.07, 6.45) is 1.72. The highest BCUT2D eigenvalue weighted by Gasteiger charge is 2.14. The molecule has 0 saturated carbocycles. The minimum Gasteiger partial charge on any atom is -0.294 e. The first-order valence-electron chi connectivity index (χ1n) is 5.44. The Morgan fingerprint density at radius 3 is 2.74 bits per heavy atom. The van der Waals surface area contributed by atoms with E-state index in [0.717, 1.165) is 0 Å². The van der Waals surface area contributed by atoms with Crippen LogP contribution in [0.1, 0.15) is 16.1 Å². The van der Waals surface area contributed by atoms with Crippen molar-refractivity contribution in [1.82, 2.24) is 4.98 Å². The van der Waals surface area contributed by atoms with Crippen molar-refractivity contribution in [3.8, 4) is 0 Å². The van der Waals surface area contributed by atoms with Crippen LogP contribution in [0.25, 0.3) is 0 Å². The van der Waals surface area contributed by atoms with Crippen molar-refractivity contribution in [3.05, 3.63) is 68.4 Å². The minimum atomic E-state index is -0.525. The van der Waals surface area contributed by atoms with Gasteiger partial charge in [-0.25, -0.2) is 0 Å². The third-order valence-electron chi connectivity index (χ3n) is 2.48. The van der Waals surface area contributed by atoms with Gasteiger partial charge in [0.05, 0.1) is 11.3 Å². The van der Waals surface area contributed by atoms with Crippen LogP contribution in [-0.4, -0.2) is 15.7 Å². The van der Waals surface area contributed by atoms with E-state index >= 15 is 0 Å². The highest BCUT2D eigenvalue weighted by atomic mass is 79.9. The number of hydrogen-bond donors (Lipinski definition) is 0. The van der Waals surface area contributed by atoms with Gasteiger partial charge in [0.1, 0.15) is 0 Å². The average Bonchev–Trinajstić information content (AvgIpc) is 2.39. The van der Waals surface area contributed by atoms with E-state index in [-0.39, 0.29) is 17.9 Å². The summed E-state index contributed by atoms with van der Waals surface area (Å²) in [5, 5.41) is 10.7. The maximum atomic E-state index is 12.1. The fourth-order valence-electron chi connectivity index (χ4n) is 1.61. The summed E-state index contributed by atoms with van der Waals surface area (Å²) in [4.78, 5) is 26.3. The Morgan fingerprint density at radius 2 is 2.11 bits per heavy atom. The number of halogens is 1. The molecular weight excluding hydrogens is 312 g/mol. The summed E-state index contributed by atoms with van der Waals surface area (Å²) in [5.41, 5.74) is 0.820. The van der Waals surface area contributed by atoms with E-state index in [0.29, 0.717) is 15.7 Å². The molecule has 1 aromatic carbocycles. The van der Waals surface area contributed by atoms with E-state index in [9.17, 15) is 14.9 Å². The van der Waals surface area contributed by atoms with Crippen molar-refractivity contribution in [2.75, 3.05) is 0 Å². The predicted molar refractivity (Wildman–Crippen MR) is 73.1 cm³/mol. The molecule has 0 amide bonds. The summed E-state index contributed by atoms with van der Waals surface area (Å²) in [7, 11) is 0. The lowest BCUT2D eigenvalue weighted by Gasteiger charge is -2.02. The van der Waals surface area contributed by atoms with E-state index in [1.165, 1.54) is 12.1 Å². The zero-order chi connectivity index (χ0) is 13.8. The first-order valence-corrected chi connectivity index (χ1v) is 6.23. The summed E-state index contributed by atoms with van der Waals surface area (Å²) < 4.78 is 0.506. The van der Waals surface area contributed by atoms with Crippen LogP contribution in [0.5, 0.6) is 0 Å². The molecule has 0 aliphatic rings. The smallest absolute Gasteiger partial charge is 0.271 e. The number of carbonyl (C=O) groups excluding carboxylic acids is 1. The van der Waals surface area contributed by atoms with Gasteiger partial charge in [-0.05, 0) is 18.2 Å². The second-order valence-corrected chi connectivity index (χ2v) is 4.79. The molecular formula is C13H9BrN2O3. The molecule has 0 fully saturated rings. The monoisotopic (exact) mass is 320 g/mol. The maximum Gasteiger partial charge on any atom is 0.271 e. The molecule has 96 valence electrons. The van der Waals surface area contributed by atoms with Crippen LogP contribution < -0.4 is 0 Å². The van der Waals surface area contributed by atoms with Crippen LogP contribution >= 0.6 is 15.9 Å². The Kier molecular flexibility index (Phi) is 4.01. The first kappa shape index (κ1) is 13.4. The number of aromatic nitrogens is 1. The molecule has 0 aliphatic carbocycles. The molecule has 1 heterocycles. The Hall–Kier alpha value is -2.08. The zero-order valence-electron chi connectivity index (χ0n) is 9.75. The molecule has 2 rings (SSSR count). The van der Waals surface area contributed by atoms with Crippen molar-refractivity contribution in [1.29, 1.82) is 0 Å². The van der Waals surface area contributed by atoms with Crippen LogP contribution in [-0.2, 0) is 6.42 Å². The van der Waals surface area contributed by atoms with Gasteiger partial charge in [0, 0.05) is 34.1 Å². The van der Waals surface area contributed by atoms with E-state index in [1.54, 1.807) is 30.5 Å². The summed E-state index contributed by atoms with van der Waals surface area (Å²) >= 11 is 3.16. The molecule has 6 heteroatoms. The molecule has 1 aromatic heterocycles. The largest absolute Gasteiger partial charge is 0.294 e. The Balaban J connectivity index is 2.26. The molecule has 19 heavy (non-hydrogen) atoms. The fraction of sp³-hybridized carbons (Fsp3) is 0.0769. The topological polar surface area (TPSA) is 73.1 Å². The lowest BCUT2D eigenvalue weighted by Crippen LogP contribution is -2.05. The highest BCUT2D eigenvalue weighted by Crippen LogP contribution is 2.22. The molecule has 0 saturated heterocycles. The summed E-state index contributed by atoms with van der Waals surface area (Å²) in [6, 6.07) is 9.49. The first-order chi connectivity index (χ1) is 9.06. The Labute approximate surface area is 117 Å². The average molecular weight is 321 g/mol. The van der Waals surface area contributed by atoms with Gasteiger partial charge in [-0.2, -0.15) is 0 Å². The quantitative estimate of drug-likeness (QED) is 0.492. The Bertz CT molecular complexity index is 629. The van der Waals surface area contributed by atoms with Gasteiger partial charge < -0.3 is 0 Å². The number of nitro benzene ring substituents is 1. The van der Waals surface area contributed by atoms with Crippen LogP contribution in [0.2, 0.25) is 0 Å². The van der Waals surface area contributed by atoms with Gasteiger partial charge in [-0.1, -0.05) is 22.0 Å². The third kappa shape index (κ3) is 3.45. The van der Waals surface area contributed by atoms with Gasteiger partial charge in [-0.15, -0.1) is 0 Å². The van der Waals surface area contributed by atoms with E-state index < -0.39 is 4.92 Å². The molecule has 0 spiro atoms. The lowest BCUT2D eigenvalue weighted by atomic mass is 10.1. The third-order valence-corrected chi connectivity index (χ3v) is 2.94. The van der Waals surface area contributed by atoms with E-state index in [4.69, 9.17) is 0 Å². The molecule has 0 aliphatic heterocycles. The van der Waals surface area contributed by atoms with Crippen molar-refractivity contribution in [2.24, 2.45) is 0 Å². The number of pyridine rings is 1. The molecule has 0 unspecified atom stereocenters. The van der Waals surface area contributed by atoms with Crippen molar-refractivity contribution >= 4 is 27.4 Å². The number of nitrogens with zero attached hydrogens (tertiary/aromatic N) is 2. The number of rotatable bonds is 4. The van der Waals surface area contributed by atoms with Gasteiger partial charge >= 0.3 is 0 Å². The second-order valence-electron chi connectivity index (χ2n) is 3.88. The molecule has 2 aromatic rings. The van der Waals surface area contributed by atoms with Crippen molar-refractivity contribution in [3.63, 3.8) is 0 Å². The van der Waals surface area contributed by atoms with Crippen molar-refractivity contribution < 1.29 is 9.72 Å². The fourth-order valence-corrected chi connectivity index (χ4v) is 2.09. The predicted octanol–water partition coefficient (Wildman–Crippen LogP) is 3.18. The lowest BCUT2D eigenvalue weighted by molar-refractivity contribution is -0.385. The summed E-state index contributed by atoms with van der Waals surface area (Å²) in [5.74, 6) is -0.205. The Morgan fingerprint density at radius 1 is 1.32 bits per heavy atom. The highest BCUT2D eigenvalue weighted by molar-refractivity contribution is 9.10. The van der Waals surface area contributed by atoms with E-state index in [1.807, 2.05) is 0 Å². The van der Waals surface area contributed by atoms with Crippen molar-refractivity contribution in [2.45, 2.75) is 6.42 Å². The minimum absolute atomic E-state index is 0.112. The van der Waals surface area contributed by atoms with Gasteiger partial charge in [0.25, 0.3) is 5.69 Å². The molecule has 5 nitrogen and oxygen atoms in total. The SMILES string of the molecule is O=C(Cc1ccccn1)c1cc(Br)cc([N+](=O)[O-])c1. The normalized spacial score (nSPS) is 10.2. The van der Waals surface area contributed by atoms with Gasteiger partial charge in [-0.3, -0.25) is 19.9 Å². The molecule has 0 bridgehead atoms. The van der Waals surface area contributed by atoms with Gasteiger partial charge in [0.2, 0.25) is 0 Å². The number of ketones is 1. The number of benzene rings is 1. The van der Waals surface area contributed by atoms with E-state index in [2.05, 4.69) is 20.9 Å². The number of Topliss-reactive ketones (excluding diaryl/α,β-unsaturated/α-hetero) is 1. The number of nitro groups is 1. The number of non-ortho nitro benzene ring substituents is 1. The standard InChI is InChI=1S/C13H9BrN2O3/c14-10-5-9(6-12(7-10)16(18)19)13(17)8-11-3-1-2-4-15-11/h1-7H,8H2. The number of carbonyl (C=O) groups is 1. The van der Waals surface area contributed by atoms with Crippen LogP contribution in [0, 0.1) is 10.1 Å². The molecule has 0 N–H and O–H groups in total. The number of hydrogen-bond acceptors (Lipinski definition) is 4. The zero-order valence-corrected chi connectivity index (χ0v) is 11.3.